The van der Waals surface area contributed by atoms with Crippen molar-refractivity contribution in [3.05, 3.63) is 62.1 Å². The standard InChI is InChI=1S/C17H13BrN2O5/c1-10-6-12(18)3-4-13(10)19-17(21)5-2-11-7-15-16(25-9-24-15)8-14(11)20(22)23/h2-8H,9H2,1H3,(H,19,21)/b5-2+. The number of aryl methyl sites for hydroxylation is 1. The average Bonchev–Trinajstić information content (AvgIpc) is 3.02. The van der Waals surface area contributed by atoms with Crippen LogP contribution in [0.25, 0.3) is 6.08 Å². The lowest BCUT2D eigenvalue weighted by Gasteiger charge is -2.06. The van der Waals surface area contributed by atoms with Crippen LogP contribution >= 0.6 is 15.9 Å². The zero-order valence-electron chi connectivity index (χ0n) is 13.1. The van der Waals surface area contributed by atoms with Gasteiger partial charge in [-0.1, -0.05) is 15.9 Å². The van der Waals surface area contributed by atoms with Crippen molar-refractivity contribution < 1.29 is 19.2 Å². The summed E-state index contributed by atoms with van der Waals surface area (Å²) >= 11 is 3.36. The molecule has 0 aromatic heterocycles. The number of fused-ring (bicyclic) bond motifs is 1. The van der Waals surface area contributed by atoms with Gasteiger partial charge in [0.25, 0.3) is 5.69 Å². The molecule has 1 heterocycles. The van der Waals surface area contributed by atoms with E-state index in [0.717, 1.165) is 10.0 Å². The molecule has 1 amide bonds. The molecule has 8 heteroatoms. The SMILES string of the molecule is Cc1cc(Br)ccc1NC(=O)/C=C/c1cc2c(cc1[N+](=O)[O-])OCO2. The van der Waals surface area contributed by atoms with Gasteiger partial charge in [-0.15, -0.1) is 0 Å². The van der Waals surface area contributed by atoms with Crippen molar-refractivity contribution in [1.82, 2.24) is 0 Å². The van der Waals surface area contributed by atoms with Gasteiger partial charge >= 0.3 is 0 Å². The van der Waals surface area contributed by atoms with Crippen LogP contribution in [0.1, 0.15) is 11.1 Å². The molecule has 0 saturated carbocycles. The van der Waals surface area contributed by atoms with E-state index in [1.807, 2.05) is 19.1 Å². The molecule has 1 aliphatic heterocycles. The van der Waals surface area contributed by atoms with Gasteiger partial charge < -0.3 is 14.8 Å². The summed E-state index contributed by atoms with van der Waals surface area (Å²) in [6.07, 6.45) is 2.62. The van der Waals surface area contributed by atoms with Gasteiger partial charge in [0.15, 0.2) is 11.5 Å². The monoisotopic (exact) mass is 404 g/mol. The molecule has 3 rings (SSSR count). The Kier molecular flexibility index (Phi) is 4.71. The lowest BCUT2D eigenvalue weighted by molar-refractivity contribution is -0.385. The molecule has 0 fully saturated rings. The van der Waals surface area contributed by atoms with E-state index in [1.54, 1.807) is 6.07 Å². The Labute approximate surface area is 151 Å². The zero-order valence-corrected chi connectivity index (χ0v) is 14.7. The van der Waals surface area contributed by atoms with E-state index >= 15 is 0 Å². The fraction of sp³-hybridized carbons (Fsp3) is 0.118. The fourth-order valence-corrected chi connectivity index (χ4v) is 2.82. The van der Waals surface area contributed by atoms with Crippen LogP contribution in [0.3, 0.4) is 0 Å². The predicted molar refractivity (Wildman–Crippen MR) is 95.8 cm³/mol. The van der Waals surface area contributed by atoms with Gasteiger partial charge in [0.1, 0.15) is 0 Å². The van der Waals surface area contributed by atoms with Crippen LogP contribution in [0.5, 0.6) is 11.5 Å². The van der Waals surface area contributed by atoms with Crippen LogP contribution in [0.15, 0.2) is 40.9 Å². The van der Waals surface area contributed by atoms with E-state index in [-0.39, 0.29) is 18.0 Å². The number of ether oxygens (including phenoxy) is 2. The number of amides is 1. The Bertz CT molecular complexity index is 895. The maximum atomic E-state index is 12.1. The second kappa shape index (κ2) is 6.94. The Hall–Kier alpha value is -2.87. The van der Waals surface area contributed by atoms with E-state index < -0.39 is 10.8 Å². The van der Waals surface area contributed by atoms with Crippen LogP contribution in [-0.4, -0.2) is 17.6 Å². The normalized spacial score (nSPS) is 12.4. The van der Waals surface area contributed by atoms with E-state index in [2.05, 4.69) is 21.2 Å². The predicted octanol–water partition coefficient (Wildman–Crippen LogP) is 4.05. The van der Waals surface area contributed by atoms with Gasteiger partial charge in [-0.2, -0.15) is 0 Å². The van der Waals surface area contributed by atoms with Crippen molar-refractivity contribution >= 4 is 39.3 Å². The second-order valence-electron chi connectivity index (χ2n) is 5.30. The number of nitro benzene ring substituents is 1. The summed E-state index contributed by atoms with van der Waals surface area (Å²) in [4.78, 5) is 22.8. The van der Waals surface area contributed by atoms with Gasteiger partial charge in [0.2, 0.25) is 12.7 Å². The van der Waals surface area contributed by atoms with Gasteiger partial charge in [-0.25, -0.2) is 0 Å². The summed E-state index contributed by atoms with van der Waals surface area (Å²) in [5, 5.41) is 13.9. The number of hydrogen-bond acceptors (Lipinski definition) is 5. The Balaban J connectivity index is 1.81. The highest BCUT2D eigenvalue weighted by Gasteiger charge is 2.22. The number of anilines is 1. The van der Waals surface area contributed by atoms with E-state index in [9.17, 15) is 14.9 Å². The van der Waals surface area contributed by atoms with Crippen molar-refractivity contribution in [3.8, 4) is 11.5 Å². The first-order chi connectivity index (χ1) is 11.9. The topological polar surface area (TPSA) is 90.7 Å². The molecule has 1 N–H and O–H groups in total. The number of carbonyl (C=O) groups is 1. The number of nitro groups is 1. The maximum Gasteiger partial charge on any atom is 0.280 e. The van der Waals surface area contributed by atoms with Crippen molar-refractivity contribution in [2.24, 2.45) is 0 Å². The number of benzene rings is 2. The highest BCUT2D eigenvalue weighted by atomic mass is 79.9. The van der Waals surface area contributed by atoms with Gasteiger partial charge in [-0.3, -0.25) is 14.9 Å². The van der Waals surface area contributed by atoms with Crippen LogP contribution in [0.4, 0.5) is 11.4 Å². The number of rotatable bonds is 4. The number of nitrogens with zero attached hydrogens (tertiary/aromatic N) is 1. The molecule has 0 saturated heterocycles. The largest absolute Gasteiger partial charge is 0.454 e. The number of halogens is 1. The summed E-state index contributed by atoms with van der Waals surface area (Å²) in [5.74, 6) is 0.339. The molecule has 0 spiro atoms. The quantitative estimate of drug-likeness (QED) is 0.471. The molecular formula is C17H13BrN2O5. The van der Waals surface area contributed by atoms with Crippen LogP contribution in [0.2, 0.25) is 0 Å². The molecule has 0 unspecified atom stereocenters. The third-order valence-electron chi connectivity index (χ3n) is 3.58. The molecular weight excluding hydrogens is 392 g/mol. The molecule has 0 aliphatic carbocycles. The van der Waals surface area contributed by atoms with Crippen molar-refractivity contribution in [2.45, 2.75) is 6.92 Å². The molecule has 2 aromatic carbocycles. The first-order valence-electron chi connectivity index (χ1n) is 7.27. The van der Waals surface area contributed by atoms with E-state index in [1.165, 1.54) is 24.3 Å². The third-order valence-corrected chi connectivity index (χ3v) is 4.07. The van der Waals surface area contributed by atoms with E-state index in [0.29, 0.717) is 17.2 Å². The van der Waals surface area contributed by atoms with Crippen LogP contribution in [0, 0.1) is 17.0 Å². The first kappa shape index (κ1) is 17.0. The van der Waals surface area contributed by atoms with Gasteiger partial charge in [0.05, 0.1) is 16.6 Å². The highest BCUT2D eigenvalue weighted by molar-refractivity contribution is 9.10. The lowest BCUT2D eigenvalue weighted by atomic mass is 10.1. The smallest absolute Gasteiger partial charge is 0.280 e. The Morgan fingerprint density at radius 3 is 2.68 bits per heavy atom. The van der Waals surface area contributed by atoms with Crippen molar-refractivity contribution in [3.63, 3.8) is 0 Å². The summed E-state index contributed by atoms with van der Waals surface area (Å²) in [6, 6.07) is 8.24. The van der Waals surface area contributed by atoms with Gasteiger partial charge in [-0.05, 0) is 42.8 Å². The summed E-state index contributed by atoms with van der Waals surface area (Å²) in [5.41, 5.74) is 1.66. The van der Waals surface area contributed by atoms with Crippen LogP contribution < -0.4 is 14.8 Å². The molecule has 0 bridgehead atoms. The minimum atomic E-state index is -0.529. The molecule has 0 atom stereocenters. The summed E-state index contributed by atoms with van der Waals surface area (Å²) in [7, 11) is 0. The van der Waals surface area contributed by atoms with Gasteiger partial charge in [0, 0.05) is 16.2 Å². The number of carbonyl (C=O) groups excluding carboxylic acids is 1. The summed E-state index contributed by atoms with van der Waals surface area (Å²) < 4.78 is 11.3. The first-order valence-corrected chi connectivity index (χ1v) is 8.06. The Morgan fingerprint density at radius 1 is 1.28 bits per heavy atom. The highest BCUT2D eigenvalue weighted by Crippen LogP contribution is 2.38. The van der Waals surface area contributed by atoms with Crippen molar-refractivity contribution in [2.75, 3.05) is 12.1 Å². The fourth-order valence-electron chi connectivity index (χ4n) is 2.35. The number of hydrogen-bond donors (Lipinski definition) is 1. The molecule has 7 nitrogen and oxygen atoms in total. The van der Waals surface area contributed by atoms with Crippen molar-refractivity contribution in [1.29, 1.82) is 0 Å². The molecule has 25 heavy (non-hydrogen) atoms. The Morgan fingerprint density at radius 2 is 2.00 bits per heavy atom. The molecule has 128 valence electrons. The van der Waals surface area contributed by atoms with E-state index in [4.69, 9.17) is 9.47 Å². The maximum absolute atomic E-state index is 12.1. The van der Waals surface area contributed by atoms with Crippen LogP contribution in [-0.2, 0) is 4.79 Å². The molecule has 2 aromatic rings. The summed E-state index contributed by atoms with van der Waals surface area (Å²) in [6.45, 7) is 1.88. The minimum absolute atomic E-state index is 0.0169. The number of nitrogens with one attached hydrogen (secondary N) is 1. The third kappa shape index (κ3) is 3.80. The molecule has 1 aliphatic rings. The average molecular weight is 405 g/mol. The second-order valence-corrected chi connectivity index (χ2v) is 6.22. The minimum Gasteiger partial charge on any atom is -0.454 e. The lowest BCUT2D eigenvalue weighted by Crippen LogP contribution is -2.08. The zero-order chi connectivity index (χ0) is 18.0. The molecule has 0 radical (unpaired) electrons.